The van der Waals surface area contributed by atoms with E-state index in [0.29, 0.717) is 41.8 Å². The Hall–Kier alpha value is -2.54. The highest BCUT2D eigenvalue weighted by Gasteiger charge is 2.29. The molecule has 1 aromatic carbocycles. The fourth-order valence-electron chi connectivity index (χ4n) is 3.71. The molecule has 0 aliphatic carbocycles. The average molecular weight is 388 g/mol. The van der Waals surface area contributed by atoms with Gasteiger partial charge in [0.1, 0.15) is 0 Å². The molecule has 27 heavy (non-hydrogen) atoms. The molecule has 1 aliphatic heterocycles. The van der Waals surface area contributed by atoms with Crippen molar-refractivity contribution in [1.82, 2.24) is 18.7 Å². The van der Waals surface area contributed by atoms with Gasteiger partial charge in [0.2, 0.25) is 5.95 Å². The number of hydrogen-bond acceptors (Lipinski definition) is 4. The number of unbranched alkanes of at least 4 members (excludes halogenated alkanes) is 1. The molecule has 1 aliphatic rings. The number of halogens is 1. The quantitative estimate of drug-likeness (QED) is 0.690. The minimum atomic E-state index is -0.316. The third kappa shape index (κ3) is 2.60. The lowest BCUT2D eigenvalue weighted by atomic mass is 10.2. The minimum absolute atomic E-state index is 0.259. The van der Waals surface area contributed by atoms with E-state index in [1.165, 1.54) is 9.13 Å². The van der Waals surface area contributed by atoms with Crippen molar-refractivity contribution in [3.8, 4) is 0 Å². The van der Waals surface area contributed by atoms with E-state index >= 15 is 0 Å². The first-order valence-corrected chi connectivity index (χ1v) is 9.56. The average Bonchev–Trinajstić information content (AvgIpc) is 3.21. The molecule has 3 heterocycles. The summed E-state index contributed by atoms with van der Waals surface area (Å²) in [6.07, 6.45) is 1.70. The van der Waals surface area contributed by atoms with Crippen LogP contribution in [-0.2, 0) is 20.1 Å². The van der Waals surface area contributed by atoms with Gasteiger partial charge in [-0.3, -0.25) is 13.9 Å². The maximum Gasteiger partial charge on any atom is 0.332 e. The van der Waals surface area contributed by atoms with E-state index < -0.39 is 0 Å². The maximum absolute atomic E-state index is 13.0. The molecule has 0 unspecified atom stereocenters. The van der Waals surface area contributed by atoms with Crippen molar-refractivity contribution in [2.75, 3.05) is 11.4 Å². The highest BCUT2D eigenvalue weighted by Crippen LogP contribution is 2.35. The molecule has 0 saturated carbocycles. The van der Waals surface area contributed by atoms with Crippen LogP contribution in [0, 0.1) is 6.92 Å². The Morgan fingerprint density at radius 1 is 1.22 bits per heavy atom. The highest BCUT2D eigenvalue weighted by atomic mass is 35.5. The van der Waals surface area contributed by atoms with Crippen molar-refractivity contribution in [2.24, 2.45) is 7.05 Å². The Morgan fingerprint density at radius 3 is 2.74 bits per heavy atom. The number of anilines is 2. The van der Waals surface area contributed by atoms with Gasteiger partial charge in [0.15, 0.2) is 11.2 Å². The SMILES string of the molecule is CCCCn1c(=O)c2c(nc3n2CCN3c2cccc(Cl)c2C)n(C)c1=O. The molecular weight excluding hydrogens is 366 g/mol. The lowest BCUT2D eigenvalue weighted by Gasteiger charge is -2.19. The van der Waals surface area contributed by atoms with Gasteiger partial charge in [0.05, 0.1) is 0 Å². The minimum Gasteiger partial charge on any atom is -0.310 e. The monoisotopic (exact) mass is 387 g/mol. The number of fused-ring (bicyclic) bond motifs is 3. The number of aryl methyl sites for hydroxylation is 1. The van der Waals surface area contributed by atoms with Crippen molar-refractivity contribution < 1.29 is 0 Å². The Balaban J connectivity index is 1.94. The van der Waals surface area contributed by atoms with Crippen LogP contribution in [0.5, 0.6) is 0 Å². The fraction of sp³-hybridized carbons (Fsp3) is 0.421. The highest BCUT2D eigenvalue weighted by molar-refractivity contribution is 6.31. The molecule has 0 fully saturated rings. The third-order valence-corrected chi connectivity index (χ3v) is 5.68. The zero-order valence-electron chi connectivity index (χ0n) is 15.7. The van der Waals surface area contributed by atoms with E-state index in [1.54, 1.807) is 7.05 Å². The molecule has 2 aromatic heterocycles. The summed E-state index contributed by atoms with van der Waals surface area (Å²) in [4.78, 5) is 32.4. The predicted octanol–water partition coefficient (Wildman–Crippen LogP) is 2.81. The van der Waals surface area contributed by atoms with E-state index in [9.17, 15) is 9.59 Å². The van der Waals surface area contributed by atoms with Gasteiger partial charge in [-0.05, 0) is 31.0 Å². The van der Waals surface area contributed by atoms with Gasteiger partial charge in [-0.2, -0.15) is 4.98 Å². The van der Waals surface area contributed by atoms with Gasteiger partial charge in [-0.25, -0.2) is 4.79 Å². The summed E-state index contributed by atoms with van der Waals surface area (Å²) < 4.78 is 4.72. The van der Waals surface area contributed by atoms with Crippen LogP contribution in [0.2, 0.25) is 5.02 Å². The molecule has 4 rings (SSSR count). The van der Waals surface area contributed by atoms with Gasteiger partial charge >= 0.3 is 5.69 Å². The smallest absolute Gasteiger partial charge is 0.310 e. The first kappa shape index (κ1) is 17.9. The molecule has 0 N–H and O–H groups in total. The second kappa shape index (κ2) is 6.56. The van der Waals surface area contributed by atoms with Crippen LogP contribution in [0.15, 0.2) is 27.8 Å². The normalized spacial score (nSPS) is 13.6. The van der Waals surface area contributed by atoms with Crippen molar-refractivity contribution in [3.63, 3.8) is 0 Å². The summed E-state index contributed by atoms with van der Waals surface area (Å²) in [6.45, 7) is 5.78. The van der Waals surface area contributed by atoms with Crippen molar-refractivity contribution in [2.45, 2.75) is 39.8 Å². The summed E-state index contributed by atoms with van der Waals surface area (Å²) in [5.74, 6) is 0.677. The van der Waals surface area contributed by atoms with Gasteiger partial charge in [0.25, 0.3) is 5.56 Å². The first-order chi connectivity index (χ1) is 13.0. The molecule has 0 radical (unpaired) electrons. The van der Waals surface area contributed by atoms with Crippen LogP contribution in [0.4, 0.5) is 11.6 Å². The van der Waals surface area contributed by atoms with Crippen LogP contribution in [0.1, 0.15) is 25.3 Å². The molecule has 8 heteroatoms. The summed E-state index contributed by atoms with van der Waals surface area (Å²) in [5, 5.41) is 0.691. The van der Waals surface area contributed by atoms with Crippen LogP contribution in [0.3, 0.4) is 0 Å². The van der Waals surface area contributed by atoms with Crippen LogP contribution in [-0.4, -0.2) is 25.2 Å². The van der Waals surface area contributed by atoms with Crippen LogP contribution >= 0.6 is 11.6 Å². The van der Waals surface area contributed by atoms with Crippen molar-refractivity contribution in [1.29, 1.82) is 0 Å². The number of imidazole rings is 1. The zero-order valence-corrected chi connectivity index (χ0v) is 16.5. The molecule has 0 amide bonds. The largest absolute Gasteiger partial charge is 0.332 e. The molecule has 3 aromatic rings. The summed E-state index contributed by atoms with van der Waals surface area (Å²) >= 11 is 6.29. The number of benzene rings is 1. The number of aromatic nitrogens is 4. The van der Waals surface area contributed by atoms with Crippen LogP contribution < -0.4 is 16.1 Å². The van der Waals surface area contributed by atoms with Gasteiger partial charge in [-0.15, -0.1) is 0 Å². The lowest BCUT2D eigenvalue weighted by Crippen LogP contribution is -2.39. The van der Waals surface area contributed by atoms with E-state index in [4.69, 9.17) is 11.6 Å². The maximum atomic E-state index is 13.0. The Morgan fingerprint density at radius 2 is 2.00 bits per heavy atom. The van der Waals surface area contributed by atoms with E-state index in [-0.39, 0.29) is 11.2 Å². The number of nitrogens with zero attached hydrogens (tertiary/aromatic N) is 5. The Bertz CT molecular complexity index is 1160. The zero-order chi connectivity index (χ0) is 19.3. The molecule has 0 bridgehead atoms. The molecule has 0 saturated heterocycles. The Labute approximate surface area is 161 Å². The topological polar surface area (TPSA) is 65.1 Å². The van der Waals surface area contributed by atoms with E-state index in [0.717, 1.165) is 24.1 Å². The first-order valence-electron chi connectivity index (χ1n) is 9.18. The predicted molar refractivity (Wildman–Crippen MR) is 107 cm³/mol. The van der Waals surface area contributed by atoms with Gasteiger partial charge in [-0.1, -0.05) is 31.0 Å². The summed E-state index contributed by atoms with van der Waals surface area (Å²) in [6, 6.07) is 5.76. The molecule has 142 valence electrons. The number of rotatable bonds is 4. The van der Waals surface area contributed by atoms with Gasteiger partial charge in [0, 0.05) is 37.4 Å². The molecular formula is C19H22ClN5O2. The molecule has 0 atom stereocenters. The van der Waals surface area contributed by atoms with E-state index in [1.807, 2.05) is 36.6 Å². The fourth-order valence-corrected chi connectivity index (χ4v) is 3.88. The Kier molecular flexibility index (Phi) is 4.34. The number of hydrogen-bond donors (Lipinski definition) is 0. The van der Waals surface area contributed by atoms with Crippen molar-refractivity contribution >= 4 is 34.4 Å². The standard InChI is InChI=1S/C19H22ClN5O2/c1-4-5-9-25-17(26)15-16(22(3)19(25)27)21-18-23(10-11-24(15)18)14-8-6-7-13(20)12(14)2/h6-8H,4-5,9-11H2,1-3H3. The second-order valence-corrected chi connectivity index (χ2v) is 7.33. The molecule has 0 spiro atoms. The lowest BCUT2D eigenvalue weighted by molar-refractivity contribution is 0.564. The van der Waals surface area contributed by atoms with Crippen LogP contribution in [0.25, 0.3) is 11.2 Å². The molecule has 7 nitrogen and oxygen atoms in total. The second-order valence-electron chi connectivity index (χ2n) is 6.92. The van der Waals surface area contributed by atoms with Crippen molar-refractivity contribution in [3.05, 3.63) is 49.6 Å². The third-order valence-electron chi connectivity index (χ3n) is 5.27. The van der Waals surface area contributed by atoms with E-state index in [2.05, 4.69) is 9.88 Å². The summed E-state index contributed by atoms with van der Waals surface area (Å²) in [5.41, 5.74) is 2.28. The summed E-state index contributed by atoms with van der Waals surface area (Å²) in [7, 11) is 1.67. The van der Waals surface area contributed by atoms with Gasteiger partial charge < -0.3 is 9.47 Å².